The van der Waals surface area contributed by atoms with Crippen LogP contribution in [0.3, 0.4) is 0 Å². The fourth-order valence-electron chi connectivity index (χ4n) is 1.61. The van der Waals surface area contributed by atoms with Crippen LogP contribution in [-0.4, -0.2) is 11.2 Å². The zero-order valence-corrected chi connectivity index (χ0v) is 12.6. The lowest BCUT2D eigenvalue weighted by Crippen LogP contribution is -1.97. The summed E-state index contributed by atoms with van der Waals surface area (Å²) in [5.74, 6) is 0.435. The van der Waals surface area contributed by atoms with Gasteiger partial charge in [-0.2, -0.15) is 5.26 Å². The minimum absolute atomic E-state index is 0.0680. The van der Waals surface area contributed by atoms with Crippen LogP contribution >= 0.6 is 22.6 Å². The second-order valence-corrected chi connectivity index (χ2v) is 5.13. The van der Waals surface area contributed by atoms with E-state index < -0.39 is 4.92 Å². The Morgan fingerprint density at radius 3 is 2.48 bits per heavy atom. The number of carbonyl (C=O) groups excluding carboxylic acids is 1. The quantitative estimate of drug-likeness (QED) is 0.341. The van der Waals surface area contributed by atoms with Gasteiger partial charge < -0.3 is 4.74 Å². The van der Waals surface area contributed by atoms with E-state index in [1.807, 2.05) is 28.7 Å². The normalized spacial score (nSPS) is 9.71. The predicted octanol–water partition coefficient (Wildman–Crippen LogP) is 3.68. The van der Waals surface area contributed by atoms with E-state index in [0.717, 1.165) is 6.07 Å². The Morgan fingerprint density at radius 1 is 1.29 bits per heavy atom. The van der Waals surface area contributed by atoms with Gasteiger partial charge in [-0.1, -0.05) is 0 Å². The number of nitriles is 1. The summed E-state index contributed by atoms with van der Waals surface area (Å²) in [6.07, 6.45) is 0.692. The Hall–Kier alpha value is -2.47. The van der Waals surface area contributed by atoms with E-state index in [4.69, 9.17) is 10.00 Å². The smallest absolute Gasteiger partial charge is 0.314 e. The molecule has 0 radical (unpaired) electrons. The molecule has 0 atom stereocenters. The van der Waals surface area contributed by atoms with E-state index in [9.17, 15) is 14.9 Å². The summed E-state index contributed by atoms with van der Waals surface area (Å²) in [7, 11) is 0. The number of nitro benzene ring substituents is 1. The topological polar surface area (TPSA) is 93.2 Å². The second kappa shape index (κ2) is 6.32. The van der Waals surface area contributed by atoms with Crippen LogP contribution < -0.4 is 4.74 Å². The van der Waals surface area contributed by atoms with Crippen molar-refractivity contribution in [3.63, 3.8) is 0 Å². The van der Waals surface area contributed by atoms with Gasteiger partial charge in [0.25, 0.3) is 0 Å². The van der Waals surface area contributed by atoms with Gasteiger partial charge in [0.15, 0.2) is 0 Å². The van der Waals surface area contributed by atoms with Crippen LogP contribution in [0.15, 0.2) is 36.4 Å². The van der Waals surface area contributed by atoms with Crippen LogP contribution in [0.4, 0.5) is 5.69 Å². The number of ether oxygens (including phenoxy) is 1. The highest BCUT2D eigenvalue weighted by molar-refractivity contribution is 14.1. The molecular formula is C14H7IN2O4. The summed E-state index contributed by atoms with van der Waals surface area (Å²) in [4.78, 5) is 21.1. The van der Waals surface area contributed by atoms with E-state index in [1.165, 1.54) is 6.07 Å². The zero-order valence-electron chi connectivity index (χ0n) is 10.4. The van der Waals surface area contributed by atoms with Crippen LogP contribution in [0.1, 0.15) is 15.9 Å². The van der Waals surface area contributed by atoms with Crippen molar-refractivity contribution in [1.82, 2.24) is 0 Å². The summed E-state index contributed by atoms with van der Waals surface area (Å²) in [6.45, 7) is 0. The van der Waals surface area contributed by atoms with Gasteiger partial charge in [-0.05, 0) is 52.9 Å². The molecule has 7 heteroatoms. The third kappa shape index (κ3) is 3.35. The summed E-state index contributed by atoms with van der Waals surface area (Å²) in [6, 6.07) is 10.7. The average molecular weight is 394 g/mol. The van der Waals surface area contributed by atoms with Gasteiger partial charge in [0, 0.05) is 11.6 Å². The summed E-state index contributed by atoms with van der Waals surface area (Å²) >= 11 is 1.87. The third-order valence-electron chi connectivity index (χ3n) is 2.59. The molecule has 0 aliphatic carbocycles. The first-order chi connectivity index (χ1) is 10.0. The number of hydrogen-bond donors (Lipinski definition) is 0. The lowest BCUT2D eigenvalue weighted by Gasteiger charge is -2.08. The highest BCUT2D eigenvalue weighted by atomic mass is 127. The first kappa shape index (κ1) is 14.9. The number of nitro groups is 1. The van der Waals surface area contributed by atoms with Crippen LogP contribution in [0.2, 0.25) is 0 Å². The molecule has 21 heavy (non-hydrogen) atoms. The predicted molar refractivity (Wildman–Crippen MR) is 82.4 cm³/mol. The lowest BCUT2D eigenvalue weighted by molar-refractivity contribution is -0.385. The number of carbonyl (C=O) groups is 1. The Balaban J connectivity index is 2.45. The molecule has 6 nitrogen and oxygen atoms in total. The van der Waals surface area contributed by atoms with E-state index in [2.05, 4.69) is 0 Å². The second-order valence-electron chi connectivity index (χ2n) is 3.96. The molecule has 2 aromatic carbocycles. The standard InChI is InChI=1S/C14H7IN2O4/c15-12-5-10(7-16)6-13(17(19)20)14(12)21-11-3-1-9(8-18)2-4-11/h1-6,8H. The molecule has 0 unspecified atom stereocenters. The van der Waals surface area contributed by atoms with Crippen LogP contribution in [-0.2, 0) is 0 Å². The summed E-state index contributed by atoms with van der Waals surface area (Å²) < 4.78 is 5.98. The van der Waals surface area contributed by atoms with Gasteiger partial charge in [0.2, 0.25) is 5.75 Å². The van der Waals surface area contributed by atoms with E-state index in [0.29, 0.717) is 21.2 Å². The molecule has 0 saturated carbocycles. The molecular weight excluding hydrogens is 387 g/mol. The van der Waals surface area contributed by atoms with Gasteiger partial charge in [-0.15, -0.1) is 0 Å². The summed E-state index contributed by atoms with van der Waals surface area (Å²) in [5.41, 5.74) is 0.388. The lowest BCUT2D eigenvalue weighted by atomic mass is 10.2. The number of halogens is 1. The maximum Gasteiger partial charge on any atom is 0.314 e. The number of hydrogen-bond acceptors (Lipinski definition) is 5. The molecule has 0 N–H and O–H groups in total. The van der Waals surface area contributed by atoms with Crippen molar-refractivity contribution < 1.29 is 14.5 Å². The van der Waals surface area contributed by atoms with E-state index >= 15 is 0 Å². The maximum absolute atomic E-state index is 11.1. The molecule has 0 amide bonds. The van der Waals surface area contributed by atoms with E-state index in [1.54, 1.807) is 24.3 Å². The largest absolute Gasteiger partial charge is 0.449 e. The first-order valence-electron chi connectivity index (χ1n) is 5.66. The van der Waals surface area contributed by atoms with Crippen molar-refractivity contribution in [2.24, 2.45) is 0 Å². The SMILES string of the molecule is N#Cc1cc(I)c(Oc2ccc(C=O)cc2)c([N+](=O)[O-])c1. The van der Waals surface area contributed by atoms with Crippen molar-refractivity contribution in [3.8, 4) is 17.6 Å². The van der Waals surface area contributed by atoms with Crippen molar-refractivity contribution in [2.75, 3.05) is 0 Å². The Morgan fingerprint density at radius 2 is 1.95 bits per heavy atom. The third-order valence-corrected chi connectivity index (χ3v) is 3.39. The Bertz CT molecular complexity index is 751. The molecule has 2 rings (SSSR count). The van der Waals surface area contributed by atoms with Gasteiger partial charge in [0.05, 0.1) is 20.1 Å². The molecule has 0 bridgehead atoms. The van der Waals surface area contributed by atoms with Crippen molar-refractivity contribution >= 4 is 34.6 Å². The molecule has 0 aliphatic rings. The number of benzene rings is 2. The van der Waals surface area contributed by atoms with Gasteiger partial charge in [-0.25, -0.2) is 0 Å². The maximum atomic E-state index is 11.1. The minimum Gasteiger partial charge on any atom is -0.449 e. The van der Waals surface area contributed by atoms with Crippen LogP contribution in [0.5, 0.6) is 11.5 Å². The highest BCUT2D eigenvalue weighted by Gasteiger charge is 2.21. The molecule has 104 valence electrons. The van der Waals surface area contributed by atoms with Crippen molar-refractivity contribution in [2.45, 2.75) is 0 Å². The molecule has 0 heterocycles. The molecule has 2 aromatic rings. The molecule has 0 saturated heterocycles. The van der Waals surface area contributed by atoms with E-state index in [-0.39, 0.29) is 17.0 Å². The number of rotatable bonds is 4. The summed E-state index contributed by atoms with van der Waals surface area (Å²) in [5, 5.41) is 20.0. The number of nitrogens with zero attached hydrogens (tertiary/aromatic N) is 2. The molecule has 0 fully saturated rings. The molecule has 0 aromatic heterocycles. The minimum atomic E-state index is -0.599. The Kier molecular flexibility index (Phi) is 4.49. The van der Waals surface area contributed by atoms with Crippen LogP contribution in [0.25, 0.3) is 0 Å². The molecule has 0 spiro atoms. The van der Waals surface area contributed by atoms with Gasteiger partial charge >= 0.3 is 5.69 Å². The molecule has 0 aliphatic heterocycles. The van der Waals surface area contributed by atoms with Gasteiger partial charge in [0.1, 0.15) is 12.0 Å². The zero-order chi connectivity index (χ0) is 15.4. The van der Waals surface area contributed by atoms with Crippen molar-refractivity contribution in [1.29, 1.82) is 5.26 Å². The average Bonchev–Trinajstić information content (AvgIpc) is 2.49. The highest BCUT2D eigenvalue weighted by Crippen LogP contribution is 2.36. The van der Waals surface area contributed by atoms with Crippen LogP contribution in [0, 0.1) is 25.0 Å². The van der Waals surface area contributed by atoms with Gasteiger partial charge in [-0.3, -0.25) is 14.9 Å². The van der Waals surface area contributed by atoms with Crippen molar-refractivity contribution in [3.05, 3.63) is 61.2 Å². The first-order valence-corrected chi connectivity index (χ1v) is 6.74. The Labute approximate surface area is 133 Å². The monoisotopic (exact) mass is 394 g/mol. The fourth-order valence-corrected chi connectivity index (χ4v) is 2.33. The fraction of sp³-hybridized carbons (Fsp3) is 0. The number of aldehydes is 1.